The van der Waals surface area contributed by atoms with Crippen molar-refractivity contribution in [2.45, 2.75) is 12.8 Å². The molecule has 0 radical (unpaired) electrons. The maximum Gasteiger partial charge on any atom is 0.119 e. The molecular weight excluding hydrogens is 727 g/mol. The molecule has 4 N–H and O–H groups in total. The lowest BCUT2D eigenvalue weighted by Gasteiger charge is -2.09. The van der Waals surface area contributed by atoms with E-state index in [4.69, 9.17) is 62.3 Å². The minimum atomic E-state index is 0.106. The molecule has 0 unspecified atom stereocenters. The summed E-state index contributed by atoms with van der Waals surface area (Å²) in [6.45, 7) is 2.89. The van der Waals surface area contributed by atoms with Crippen LogP contribution in [0.25, 0.3) is 68.6 Å². The average Bonchev–Trinajstić information content (AvgIpc) is 4.04. The van der Waals surface area contributed by atoms with Gasteiger partial charge in [0.25, 0.3) is 0 Å². The number of H-pyrrole nitrogens is 2. The van der Waals surface area contributed by atoms with E-state index in [9.17, 15) is 0 Å². The number of nitrogens with one attached hydrogen (secondary N) is 2. The average molecular weight is 768 g/mol. The summed E-state index contributed by atoms with van der Waals surface area (Å²) in [6, 6.07) is 23.5. The third-order valence-corrected chi connectivity index (χ3v) is 9.59. The van der Waals surface area contributed by atoms with Gasteiger partial charge >= 0.3 is 0 Å². The molecule has 0 saturated heterocycles. The second kappa shape index (κ2) is 17.9. The molecule has 5 heterocycles. The van der Waals surface area contributed by atoms with Crippen molar-refractivity contribution in [3.05, 3.63) is 106 Å². The van der Waals surface area contributed by atoms with Crippen molar-refractivity contribution < 1.29 is 29.2 Å². The number of aromatic nitrogens is 4. The smallest absolute Gasteiger partial charge is 0.119 e. The molecule has 5 aromatic rings. The van der Waals surface area contributed by atoms with E-state index in [1.165, 1.54) is 0 Å². The van der Waals surface area contributed by atoms with Crippen LogP contribution in [0.15, 0.2) is 72.8 Å². The lowest BCUT2D eigenvalue weighted by molar-refractivity contribution is 0.0882. The Morgan fingerprint density at radius 2 is 0.852 bits per heavy atom. The van der Waals surface area contributed by atoms with Gasteiger partial charge in [-0.05, 0) is 96.8 Å². The van der Waals surface area contributed by atoms with Crippen LogP contribution in [-0.4, -0.2) is 83.0 Å². The number of benzene rings is 2. The molecule has 2 aliphatic heterocycles. The Labute approximate surface area is 322 Å². The van der Waals surface area contributed by atoms with Crippen molar-refractivity contribution in [2.24, 2.45) is 0 Å². The van der Waals surface area contributed by atoms with Crippen LogP contribution in [-0.2, 0) is 9.47 Å². The highest BCUT2D eigenvalue weighted by Gasteiger charge is 2.17. The Hall–Kier alpha value is -4.94. The Balaban J connectivity index is 1.28. The van der Waals surface area contributed by atoms with Gasteiger partial charge in [-0.25, -0.2) is 9.97 Å². The number of fused-ring (bicyclic) bond motifs is 8. The highest BCUT2D eigenvalue weighted by molar-refractivity contribution is 6.36. The summed E-state index contributed by atoms with van der Waals surface area (Å²) >= 11 is 14.1. The van der Waals surface area contributed by atoms with Crippen molar-refractivity contribution in [1.29, 1.82) is 0 Å². The first-order valence-electron chi connectivity index (χ1n) is 17.8. The first-order chi connectivity index (χ1) is 26.5. The van der Waals surface area contributed by atoms with Crippen LogP contribution in [0.5, 0.6) is 11.5 Å². The predicted octanol–water partition coefficient (Wildman–Crippen LogP) is 8.85. The monoisotopic (exact) mass is 766 g/mol. The van der Waals surface area contributed by atoms with Crippen molar-refractivity contribution in [1.82, 2.24) is 19.9 Å². The van der Waals surface area contributed by atoms with Crippen LogP contribution in [0.1, 0.15) is 35.6 Å². The van der Waals surface area contributed by atoms with Gasteiger partial charge in [0.05, 0.1) is 57.1 Å². The van der Waals surface area contributed by atoms with Gasteiger partial charge in [-0.3, -0.25) is 0 Å². The van der Waals surface area contributed by atoms with Gasteiger partial charge in [0.15, 0.2) is 0 Å². The molecule has 0 spiro atoms. The number of aliphatic hydroxyl groups excluding tert-OH is 2. The highest BCUT2D eigenvalue weighted by Crippen LogP contribution is 2.36. The zero-order chi connectivity index (χ0) is 37.3. The summed E-state index contributed by atoms with van der Waals surface area (Å²) in [5, 5.41) is 18.8. The van der Waals surface area contributed by atoms with E-state index in [0.717, 1.165) is 44.7 Å². The second-order valence-corrected chi connectivity index (χ2v) is 13.3. The summed E-state index contributed by atoms with van der Waals surface area (Å²) in [5.74, 6) is 1.43. The Bertz CT molecular complexity index is 2140. The van der Waals surface area contributed by atoms with Crippen LogP contribution < -0.4 is 9.47 Å². The first kappa shape index (κ1) is 37.4. The molecule has 8 bridgehead atoms. The Morgan fingerprint density at radius 3 is 1.26 bits per heavy atom. The fourth-order valence-corrected chi connectivity index (χ4v) is 6.58. The van der Waals surface area contributed by atoms with E-state index in [-0.39, 0.29) is 13.2 Å². The maximum absolute atomic E-state index is 8.93. The fraction of sp³-hybridized carbons (Fsp3) is 0.238. The summed E-state index contributed by atoms with van der Waals surface area (Å²) in [5.41, 5.74) is 9.36. The minimum Gasteiger partial charge on any atom is -0.491 e. The fourth-order valence-electron chi connectivity index (χ4n) is 6.15. The van der Waals surface area contributed by atoms with E-state index in [1.807, 2.05) is 97.1 Å². The molecule has 54 heavy (non-hydrogen) atoms. The summed E-state index contributed by atoms with van der Waals surface area (Å²) < 4.78 is 22.7. The second-order valence-electron chi connectivity index (χ2n) is 12.5. The largest absolute Gasteiger partial charge is 0.491 e. The normalized spacial score (nSPS) is 12.1. The van der Waals surface area contributed by atoms with E-state index in [0.29, 0.717) is 96.4 Å². The van der Waals surface area contributed by atoms with Crippen LogP contribution in [0.4, 0.5) is 0 Å². The SMILES string of the molecule is OCCCOCCOc1ccc(-c2c3nc(c(Cl)c4ccc([nH]4)c(-c4ccc(OCCOCCCO)cc4)c4nc(c(Cl)c5ccc2[nH]5)C=C4)C=C3)cc1. The molecule has 2 aromatic carbocycles. The number of nitrogens with zero attached hydrogens (tertiary/aromatic N) is 2. The number of aliphatic hydroxyl groups is 2. The van der Waals surface area contributed by atoms with Gasteiger partial charge in [-0.2, -0.15) is 0 Å². The molecule has 0 atom stereocenters. The molecule has 0 saturated carbocycles. The molecule has 2 aliphatic rings. The first-order valence-corrected chi connectivity index (χ1v) is 18.6. The summed E-state index contributed by atoms with van der Waals surface area (Å²) in [7, 11) is 0. The number of ether oxygens (including phenoxy) is 4. The van der Waals surface area contributed by atoms with Gasteiger partial charge in [0.1, 0.15) is 24.7 Å². The zero-order valence-electron chi connectivity index (χ0n) is 29.5. The summed E-state index contributed by atoms with van der Waals surface area (Å²) in [6.07, 6.45) is 8.96. The number of rotatable bonds is 16. The number of hydrogen-bond acceptors (Lipinski definition) is 8. The van der Waals surface area contributed by atoms with Crippen LogP contribution in [0.2, 0.25) is 10.0 Å². The van der Waals surface area contributed by atoms with Crippen LogP contribution in [0.3, 0.4) is 0 Å². The standard InChI is InChI=1S/C42H40Cl2N4O6/c43-41-35-15-11-31(45-35)39(27-3-7-29(8-4-27)53-25-23-51-21-1-19-49)32-12-16-36(46-32)42(44)38-18-14-34(48-38)40(33-13-17-37(41)47-33)28-5-9-30(10-6-28)54-26-24-52-22-2-20-50/h3-18,45,48-50H,1-2,19-26H2. The molecule has 278 valence electrons. The van der Waals surface area contributed by atoms with Crippen molar-refractivity contribution in [3.63, 3.8) is 0 Å². The lowest BCUT2D eigenvalue weighted by Crippen LogP contribution is -2.08. The third kappa shape index (κ3) is 8.71. The quantitative estimate of drug-likeness (QED) is 0.0717. The van der Waals surface area contributed by atoms with E-state index in [1.54, 1.807) is 0 Å². The van der Waals surface area contributed by atoms with E-state index < -0.39 is 0 Å². The number of aromatic amines is 2. The van der Waals surface area contributed by atoms with E-state index >= 15 is 0 Å². The molecular formula is C42H40Cl2N4O6. The van der Waals surface area contributed by atoms with Gasteiger partial charge in [-0.15, -0.1) is 0 Å². The van der Waals surface area contributed by atoms with Gasteiger partial charge < -0.3 is 39.1 Å². The third-order valence-electron chi connectivity index (χ3n) is 8.80. The number of halogens is 2. The molecule has 12 heteroatoms. The minimum absolute atomic E-state index is 0.106. The molecule has 0 aliphatic carbocycles. The van der Waals surface area contributed by atoms with Crippen LogP contribution in [0, 0.1) is 0 Å². The van der Waals surface area contributed by atoms with E-state index in [2.05, 4.69) is 9.97 Å². The lowest BCUT2D eigenvalue weighted by atomic mass is 10.0. The van der Waals surface area contributed by atoms with Gasteiger partial charge in [0.2, 0.25) is 0 Å². The van der Waals surface area contributed by atoms with Crippen molar-refractivity contribution in [2.75, 3.05) is 52.9 Å². The van der Waals surface area contributed by atoms with Crippen molar-refractivity contribution >= 4 is 69.6 Å². The van der Waals surface area contributed by atoms with Gasteiger partial charge in [-0.1, -0.05) is 47.5 Å². The number of hydrogen-bond donors (Lipinski definition) is 4. The van der Waals surface area contributed by atoms with Gasteiger partial charge in [0, 0.05) is 48.6 Å². The zero-order valence-corrected chi connectivity index (χ0v) is 31.0. The predicted molar refractivity (Wildman–Crippen MR) is 216 cm³/mol. The summed E-state index contributed by atoms with van der Waals surface area (Å²) in [4.78, 5) is 17.1. The highest BCUT2D eigenvalue weighted by atomic mass is 35.5. The Morgan fingerprint density at radius 1 is 0.463 bits per heavy atom. The Kier molecular flexibility index (Phi) is 12.4. The molecule has 0 fully saturated rings. The molecule has 3 aromatic heterocycles. The maximum atomic E-state index is 8.93. The topological polar surface area (TPSA) is 135 Å². The van der Waals surface area contributed by atoms with Crippen LogP contribution >= 0.6 is 23.2 Å². The molecule has 10 nitrogen and oxygen atoms in total. The molecule has 0 amide bonds. The molecule has 7 rings (SSSR count). The van der Waals surface area contributed by atoms with Crippen molar-refractivity contribution in [3.8, 4) is 33.8 Å².